The first-order chi connectivity index (χ1) is 9.98. The van der Waals surface area contributed by atoms with E-state index in [2.05, 4.69) is 5.32 Å². The van der Waals surface area contributed by atoms with Crippen LogP contribution in [0.4, 0.5) is 0 Å². The Morgan fingerprint density at radius 2 is 1.90 bits per heavy atom. The Morgan fingerprint density at radius 1 is 1.29 bits per heavy atom. The normalized spacial score (nSPS) is 25.5. The van der Waals surface area contributed by atoms with Crippen molar-refractivity contribution in [3.05, 3.63) is 0 Å². The summed E-state index contributed by atoms with van der Waals surface area (Å²) in [7, 11) is 0. The zero-order valence-corrected chi connectivity index (χ0v) is 12.6. The maximum Gasteiger partial charge on any atom is 0.329 e. The number of hydrogen-bond donors (Lipinski definition) is 2. The molecule has 21 heavy (non-hydrogen) atoms. The average Bonchev–Trinajstić information content (AvgIpc) is 2.67. The van der Waals surface area contributed by atoms with Crippen LogP contribution >= 0.6 is 0 Å². The predicted octanol–water partition coefficient (Wildman–Crippen LogP) is 1.15. The lowest BCUT2D eigenvalue weighted by Crippen LogP contribution is -2.55. The fraction of sp³-hybridized carbons (Fsp3) is 0.800. The van der Waals surface area contributed by atoms with Crippen molar-refractivity contribution in [2.45, 2.75) is 57.4 Å². The maximum absolute atomic E-state index is 12.4. The molecule has 2 rings (SSSR count). The first kappa shape index (κ1) is 15.8. The van der Waals surface area contributed by atoms with Gasteiger partial charge in [0.15, 0.2) is 0 Å². The number of carboxylic acid groups (broad SMARTS) is 1. The fourth-order valence-corrected chi connectivity index (χ4v) is 3.32. The second-order valence-electron chi connectivity index (χ2n) is 6.12. The molecule has 0 aromatic rings. The zero-order chi connectivity index (χ0) is 15.5. The van der Waals surface area contributed by atoms with Gasteiger partial charge in [0.05, 0.1) is 5.92 Å². The van der Waals surface area contributed by atoms with Crippen LogP contribution in [-0.4, -0.2) is 46.4 Å². The Labute approximate surface area is 124 Å². The summed E-state index contributed by atoms with van der Waals surface area (Å²) in [6.07, 6.45) is 4.80. The Hall–Kier alpha value is -1.59. The summed E-state index contributed by atoms with van der Waals surface area (Å²) in [5, 5.41) is 12.3. The van der Waals surface area contributed by atoms with E-state index in [0.29, 0.717) is 25.9 Å². The molecule has 2 aliphatic rings. The highest BCUT2D eigenvalue weighted by atomic mass is 16.4. The van der Waals surface area contributed by atoms with Crippen LogP contribution in [0.15, 0.2) is 0 Å². The minimum absolute atomic E-state index is 0.0251. The van der Waals surface area contributed by atoms with Crippen LogP contribution in [0.2, 0.25) is 0 Å². The third-order valence-electron chi connectivity index (χ3n) is 4.70. The molecule has 0 bridgehead atoms. The summed E-state index contributed by atoms with van der Waals surface area (Å²) in [5.41, 5.74) is -1.14. The minimum Gasteiger partial charge on any atom is -0.480 e. The number of nitrogens with zero attached hydrogens (tertiary/aromatic N) is 1. The van der Waals surface area contributed by atoms with Crippen LogP contribution in [-0.2, 0) is 14.4 Å². The summed E-state index contributed by atoms with van der Waals surface area (Å²) >= 11 is 0. The topological polar surface area (TPSA) is 86.7 Å². The molecule has 1 saturated heterocycles. The SMILES string of the molecule is CCN1CC(C(=O)NC2(C(=O)O)CCCCCC2)CC1=O. The fourth-order valence-electron chi connectivity index (χ4n) is 3.32. The number of carboxylic acids is 1. The van der Waals surface area contributed by atoms with Gasteiger partial charge in [0.25, 0.3) is 0 Å². The number of nitrogens with one attached hydrogen (secondary N) is 1. The van der Waals surface area contributed by atoms with Crippen molar-refractivity contribution in [1.29, 1.82) is 0 Å². The van der Waals surface area contributed by atoms with Crippen LogP contribution in [0, 0.1) is 5.92 Å². The molecule has 1 aliphatic carbocycles. The van der Waals surface area contributed by atoms with E-state index >= 15 is 0 Å². The predicted molar refractivity (Wildman–Crippen MR) is 76.6 cm³/mol. The number of rotatable bonds is 4. The first-order valence-corrected chi connectivity index (χ1v) is 7.81. The van der Waals surface area contributed by atoms with E-state index in [1.165, 1.54) is 0 Å². The van der Waals surface area contributed by atoms with Gasteiger partial charge in [-0.05, 0) is 19.8 Å². The molecule has 6 nitrogen and oxygen atoms in total. The lowest BCUT2D eigenvalue weighted by atomic mass is 9.89. The summed E-state index contributed by atoms with van der Waals surface area (Å²) < 4.78 is 0. The highest BCUT2D eigenvalue weighted by Gasteiger charge is 2.43. The minimum atomic E-state index is -1.14. The number of hydrogen-bond acceptors (Lipinski definition) is 3. The van der Waals surface area contributed by atoms with Crippen LogP contribution < -0.4 is 5.32 Å². The highest BCUT2D eigenvalue weighted by Crippen LogP contribution is 2.29. The van der Waals surface area contributed by atoms with Crippen LogP contribution in [0.1, 0.15) is 51.9 Å². The number of amides is 2. The molecule has 0 spiro atoms. The van der Waals surface area contributed by atoms with E-state index in [-0.39, 0.29) is 18.2 Å². The molecular weight excluding hydrogens is 272 g/mol. The second-order valence-corrected chi connectivity index (χ2v) is 6.12. The van der Waals surface area contributed by atoms with Crippen molar-refractivity contribution in [2.75, 3.05) is 13.1 Å². The second kappa shape index (κ2) is 6.45. The van der Waals surface area contributed by atoms with Gasteiger partial charge in [-0.2, -0.15) is 0 Å². The summed E-state index contributed by atoms with van der Waals surface area (Å²) in [6, 6.07) is 0. The van der Waals surface area contributed by atoms with E-state index < -0.39 is 17.4 Å². The molecule has 0 radical (unpaired) electrons. The largest absolute Gasteiger partial charge is 0.480 e. The molecule has 2 amide bonds. The molecule has 1 saturated carbocycles. The monoisotopic (exact) mass is 296 g/mol. The van der Waals surface area contributed by atoms with Gasteiger partial charge < -0.3 is 15.3 Å². The molecule has 1 aliphatic heterocycles. The number of carbonyl (C=O) groups excluding carboxylic acids is 2. The van der Waals surface area contributed by atoms with Gasteiger partial charge in [0.2, 0.25) is 11.8 Å². The van der Waals surface area contributed by atoms with Crippen molar-refractivity contribution < 1.29 is 19.5 Å². The molecule has 0 aromatic heterocycles. The van der Waals surface area contributed by atoms with Gasteiger partial charge in [-0.3, -0.25) is 9.59 Å². The molecule has 2 fully saturated rings. The molecular formula is C15H24N2O4. The smallest absolute Gasteiger partial charge is 0.329 e. The molecule has 1 atom stereocenters. The van der Waals surface area contributed by atoms with Gasteiger partial charge in [-0.1, -0.05) is 25.7 Å². The Morgan fingerprint density at radius 3 is 2.38 bits per heavy atom. The van der Waals surface area contributed by atoms with E-state index in [0.717, 1.165) is 25.7 Å². The highest BCUT2D eigenvalue weighted by molar-refractivity contribution is 5.92. The van der Waals surface area contributed by atoms with Crippen LogP contribution in [0.5, 0.6) is 0 Å². The molecule has 1 unspecified atom stereocenters. The molecule has 1 heterocycles. The van der Waals surface area contributed by atoms with Crippen molar-refractivity contribution in [1.82, 2.24) is 10.2 Å². The summed E-state index contributed by atoms with van der Waals surface area (Å²) in [5.74, 6) is -1.68. The first-order valence-electron chi connectivity index (χ1n) is 7.81. The lowest BCUT2D eigenvalue weighted by molar-refractivity contribution is -0.149. The van der Waals surface area contributed by atoms with Gasteiger partial charge in [0, 0.05) is 19.5 Å². The molecule has 2 N–H and O–H groups in total. The van der Waals surface area contributed by atoms with E-state index in [1.54, 1.807) is 4.90 Å². The number of aliphatic carboxylic acids is 1. The molecule has 0 aromatic carbocycles. The maximum atomic E-state index is 12.4. The van der Waals surface area contributed by atoms with Crippen LogP contribution in [0.3, 0.4) is 0 Å². The van der Waals surface area contributed by atoms with Gasteiger partial charge in [-0.15, -0.1) is 0 Å². The third-order valence-corrected chi connectivity index (χ3v) is 4.70. The summed E-state index contributed by atoms with van der Waals surface area (Å²) in [6.45, 7) is 2.87. The molecule has 6 heteroatoms. The van der Waals surface area contributed by atoms with E-state index in [4.69, 9.17) is 0 Å². The number of likely N-dealkylation sites (tertiary alicyclic amines) is 1. The summed E-state index contributed by atoms with van der Waals surface area (Å²) in [4.78, 5) is 37.4. The Balaban J connectivity index is 2.05. The average molecular weight is 296 g/mol. The Bertz CT molecular complexity index is 427. The molecule has 118 valence electrons. The van der Waals surface area contributed by atoms with E-state index in [9.17, 15) is 19.5 Å². The Kier molecular flexibility index (Phi) is 4.85. The standard InChI is InChI=1S/C15H24N2O4/c1-2-17-10-11(9-12(17)18)13(19)16-15(14(20)21)7-5-3-4-6-8-15/h11H,2-10H2,1H3,(H,16,19)(H,20,21). The van der Waals surface area contributed by atoms with Crippen molar-refractivity contribution in [2.24, 2.45) is 5.92 Å². The quantitative estimate of drug-likeness (QED) is 0.762. The number of carbonyl (C=O) groups is 3. The van der Waals surface area contributed by atoms with Crippen molar-refractivity contribution in [3.8, 4) is 0 Å². The third kappa shape index (κ3) is 3.36. The van der Waals surface area contributed by atoms with Gasteiger partial charge >= 0.3 is 5.97 Å². The zero-order valence-electron chi connectivity index (χ0n) is 12.6. The lowest BCUT2D eigenvalue weighted by Gasteiger charge is -2.30. The van der Waals surface area contributed by atoms with Crippen LogP contribution in [0.25, 0.3) is 0 Å². The van der Waals surface area contributed by atoms with E-state index in [1.807, 2.05) is 6.92 Å². The van der Waals surface area contributed by atoms with Crippen molar-refractivity contribution >= 4 is 17.8 Å². The van der Waals surface area contributed by atoms with Crippen molar-refractivity contribution in [3.63, 3.8) is 0 Å². The van der Waals surface area contributed by atoms with Gasteiger partial charge in [0.1, 0.15) is 5.54 Å². The van der Waals surface area contributed by atoms with Gasteiger partial charge in [-0.25, -0.2) is 4.79 Å².